The lowest BCUT2D eigenvalue weighted by molar-refractivity contribution is 0.677. The van der Waals surface area contributed by atoms with Crippen molar-refractivity contribution in [1.82, 2.24) is 0 Å². The molecule has 0 saturated carbocycles. The molecule has 0 unspecified atom stereocenters. The van der Waals surface area contributed by atoms with E-state index >= 15 is 0 Å². The monoisotopic (exact) mass is 454 g/mol. The van der Waals surface area contributed by atoms with Crippen molar-refractivity contribution in [2.75, 3.05) is 0 Å². The second-order valence-corrected chi connectivity index (χ2v) is 12.4. The van der Waals surface area contributed by atoms with Crippen LogP contribution in [0.4, 0.5) is 0 Å². The number of hydrogen-bond acceptors (Lipinski definition) is 1. The van der Waals surface area contributed by atoms with Gasteiger partial charge in [0, 0.05) is 0 Å². The summed E-state index contributed by atoms with van der Waals surface area (Å²) < 4.78 is 5.73. The van der Waals surface area contributed by atoms with Gasteiger partial charge in [-0.25, -0.2) is 0 Å². The van der Waals surface area contributed by atoms with Crippen molar-refractivity contribution in [2.24, 2.45) is 0 Å². The van der Waals surface area contributed by atoms with Gasteiger partial charge in [0.05, 0.1) is 0 Å². The molecule has 156 valence electrons. The Morgan fingerprint density at radius 2 is 0.879 bits per heavy atom. The molecule has 0 aliphatic heterocycles. The quantitative estimate of drug-likeness (QED) is 0.187. The predicted octanol–water partition coefficient (Wildman–Crippen LogP) is 5.61. The van der Waals surface area contributed by atoms with Gasteiger partial charge in [-0.15, -0.1) is 0 Å². The first-order chi connectivity index (χ1) is 16.3. The minimum atomic E-state index is -0.643. The normalized spacial score (nSPS) is 12.5. The second kappa shape index (κ2) is 7.25. The Labute approximate surface area is 197 Å². The maximum absolute atomic E-state index is 5.73. The van der Waals surface area contributed by atoms with Gasteiger partial charge in [0.25, 0.3) is 0 Å². The third-order valence-electron chi connectivity index (χ3n) is 7.00. The fourth-order valence-corrected chi connectivity index (χ4v) is 7.31. The molecule has 0 aromatic heterocycles. The van der Waals surface area contributed by atoms with Gasteiger partial charge in [-0.3, -0.25) is 0 Å². The van der Waals surface area contributed by atoms with Crippen LogP contribution in [-0.2, 0) is 4.12 Å². The van der Waals surface area contributed by atoms with Crippen molar-refractivity contribution >= 4 is 90.1 Å². The van der Waals surface area contributed by atoms with Crippen LogP contribution in [0.3, 0.4) is 0 Å². The van der Waals surface area contributed by atoms with E-state index in [0.29, 0.717) is 0 Å². The van der Waals surface area contributed by atoms with Crippen molar-refractivity contribution in [3.63, 3.8) is 0 Å². The van der Waals surface area contributed by atoms with Crippen LogP contribution in [0, 0.1) is 0 Å². The largest absolute Gasteiger partial charge is 0.465 e. The molecule has 33 heavy (non-hydrogen) atoms. The first-order valence-corrected chi connectivity index (χ1v) is 13.5. The minimum Gasteiger partial charge on any atom is -0.465 e. The van der Waals surface area contributed by atoms with Gasteiger partial charge in [0.1, 0.15) is 10.5 Å². The predicted molar refractivity (Wildman–Crippen MR) is 151 cm³/mol. The maximum Gasteiger partial charge on any atom is 0.178 e. The molecule has 7 rings (SSSR count). The summed E-state index contributed by atoms with van der Waals surface area (Å²) in [5, 5.41) is 17.1. The van der Waals surface area contributed by atoms with Crippen LogP contribution >= 0.6 is 0 Å². The van der Waals surface area contributed by atoms with Crippen LogP contribution in [0.2, 0.25) is 0 Å². The Hall–Kier alpha value is -3.51. The molecule has 0 spiro atoms. The van der Waals surface area contributed by atoms with E-state index in [0.717, 1.165) is 10.5 Å². The van der Waals surface area contributed by atoms with Crippen molar-refractivity contribution in [2.45, 2.75) is 0 Å². The van der Waals surface area contributed by atoms with E-state index in [4.69, 9.17) is 4.12 Å². The van der Waals surface area contributed by atoms with Crippen LogP contribution in [-0.4, -0.2) is 20.2 Å². The SMILES string of the molecule is [SiH3]O[SiH2]c1cccc2cc3cc4ccc5cc6cc7ccccc7cc6cc5c4cc3cc12. The molecular formula is C30H22OSi2. The second-order valence-electron chi connectivity index (χ2n) is 9.03. The Balaban J connectivity index is 1.55. The molecule has 0 fully saturated rings. The Morgan fingerprint density at radius 3 is 1.48 bits per heavy atom. The molecule has 0 saturated heterocycles. The first kappa shape index (κ1) is 19.0. The van der Waals surface area contributed by atoms with E-state index in [1.54, 1.807) is 0 Å². The molecule has 1 nitrogen and oxygen atoms in total. The summed E-state index contributed by atoms with van der Waals surface area (Å²) >= 11 is 0. The van der Waals surface area contributed by atoms with Crippen molar-refractivity contribution in [3.8, 4) is 0 Å². The number of benzene rings is 7. The average molecular weight is 455 g/mol. The topological polar surface area (TPSA) is 9.23 Å². The van der Waals surface area contributed by atoms with Crippen LogP contribution in [0.15, 0.2) is 103 Å². The lowest BCUT2D eigenvalue weighted by Crippen LogP contribution is -2.17. The van der Waals surface area contributed by atoms with Crippen LogP contribution < -0.4 is 5.19 Å². The molecule has 3 heteroatoms. The van der Waals surface area contributed by atoms with Gasteiger partial charge in [0.2, 0.25) is 0 Å². The molecule has 0 atom stereocenters. The molecule has 0 bridgehead atoms. The smallest absolute Gasteiger partial charge is 0.178 e. The molecular weight excluding hydrogens is 433 g/mol. The van der Waals surface area contributed by atoms with Gasteiger partial charge < -0.3 is 4.12 Å². The summed E-state index contributed by atoms with van der Waals surface area (Å²) in [4.78, 5) is 0. The van der Waals surface area contributed by atoms with Gasteiger partial charge in [0.15, 0.2) is 9.76 Å². The zero-order valence-electron chi connectivity index (χ0n) is 18.4. The van der Waals surface area contributed by atoms with Crippen molar-refractivity contribution in [3.05, 3.63) is 103 Å². The molecule has 0 heterocycles. The lowest BCUT2D eigenvalue weighted by Gasteiger charge is -2.11. The van der Waals surface area contributed by atoms with E-state index < -0.39 is 9.76 Å². The lowest BCUT2D eigenvalue weighted by atomic mass is 9.94. The summed E-state index contributed by atoms with van der Waals surface area (Å²) in [5.41, 5.74) is 0. The number of fused-ring (bicyclic) bond motifs is 7. The summed E-state index contributed by atoms with van der Waals surface area (Å²) in [7, 11) is 0.169. The molecule has 0 aliphatic carbocycles. The highest BCUT2D eigenvalue weighted by molar-refractivity contribution is 6.54. The number of hydrogen-bond donors (Lipinski definition) is 0. The highest BCUT2D eigenvalue weighted by atomic mass is 28.3. The highest BCUT2D eigenvalue weighted by Gasteiger charge is 2.08. The van der Waals surface area contributed by atoms with Crippen LogP contribution in [0.25, 0.3) is 64.6 Å². The molecule has 0 radical (unpaired) electrons. The maximum atomic E-state index is 5.73. The minimum absolute atomic E-state index is 0.643. The van der Waals surface area contributed by atoms with Gasteiger partial charge in [-0.1, -0.05) is 54.6 Å². The van der Waals surface area contributed by atoms with E-state index in [2.05, 4.69) is 103 Å². The summed E-state index contributed by atoms with van der Waals surface area (Å²) in [6.07, 6.45) is 0. The fraction of sp³-hybridized carbons (Fsp3) is 0. The van der Waals surface area contributed by atoms with Gasteiger partial charge in [-0.05, 0) is 118 Å². The number of rotatable bonds is 2. The zero-order chi connectivity index (χ0) is 21.9. The molecule has 0 N–H and O–H groups in total. The molecule has 0 aliphatic rings. The van der Waals surface area contributed by atoms with E-state index in [1.165, 1.54) is 69.8 Å². The van der Waals surface area contributed by atoms with Crippen LogP contribution in [0.5, 0.6) is 0 Å². The molecule has 7 aromatic rings. The Kier molecular flexibility index (Phi) is 4.18. The first-order valence-electron chi connectivity index (χ1n) is 11.4. The van der Waals surface area contributed by atoms with E-state index in [1.807, 2.05) is 0 Å². The fourth-order valence-electron chi connectivity index (χ4n) is 5.37. The average Bonchev–Trinajstić information content (AvgIpc) is 2.84. The van der Waals surface area contributed by atoms with Gasteiger partial charge in [-0.2, -0.15) is 0 Å². The Morgan fingerprint density at radius 1 is 0.424 bits per heavy atom. The standard InChI is InChI=1S/C30H22OSi2/c32-31-33-30-7-3-6-20-12-24-14-22-9-8-21-13-23-10-18-4-1-2-5-19(18)11-25(23)15-27(21)28(22)16-26(24)17-29(20)30/h1-17H,33H2,32H3. The summed E-state index contributed by atoms with van der Waals surface area (Å²) in [6, 6.07) is 38.6. The van der Waals surface area contributed by atoms with Crippen molar-refractivity contribution < 1.29 is 4.12 Å². The molecule has 7 aromatic carbocycles. The van der Waals surface area contributed by atoms with Gasteiger partial charge >= 0.3 is 0 Å². The molecule has 0 amide bonds. The third kappa shape index (κ3) is 3.01. The summed E-state index contributed by atoms with van der Waals surface area (Å²) in [5.74, 6) is 0. The summed E-state index contributed by atoms with van der Waals surface area (Å²) in [6.45, 7) is 0. The van der Waals surface area contributed by atoms with Crippen LogP contribution in [0.1, 0.15) is 0 Å². The highest BCUT2D eigenvalue weighted by Crippen LogP contribution is 2.34. The third-order valence-corrected chi connectivity index (χ3v) is 9.08. The van der Waals surface area contributed by atoms with E-state index in [-0.39, 0.29) is 0 Å². The zero-order valence-corrected chi connectivity index (χ0v) is 21.8. The van der Waals surface area contributed by atoms with E-state index in [9.17, 15) is 0 Å². The van der Waals surface area contributed by atoms with Crippen molar-refractivity contribution in [1.29, 1.82) is 0 Å². The Bertz CT molecular complexity index is 1890.